The van der Waals surface area contributed by atoms with Crippen molar-refractivity contribution in [1.82, 2.24) is 0 Å². The van der Waals surface area contributed by atoms with E-state index in [1.165, 1.54) is 36.0 Å². The monoisotopic (exact) mass is 218 g/mol. The Hall–Kier alpha value is -1.04. The van der Waals surface area contributed by atoms with Crippen LogP contribution in [0.3, 0.4) is 0 Å². The number of hydrogen-bond acceptors (Lipinski definition) is 0. The second-order valence-electron chi connectivity index (χ2n) is 4.77. The maximum atomic E-state index is 2.32. The summed E-state index contributed by atoms with van der Waals surface area (Å²) in [5, 5.41) is 0. The van der Waals surface area contributed by atoms with Crippen LogP contribution < -0.4 is 0 Å². The van der Waals surface area contributed by atoms with Crippen LogP contribution in [0, 0.1) is 0 Å². The smallest absolute Gasteiger partial charge is 0.0342 e. The lowest BCUT2D eigenvalue weighted by Crippen LogP contribution is -1.74. The highest BCUT2D eigenvalue weighted by atomic mass is 13.9. The maximum Gasteiger partial charge on any atom is -0.0342 e. The molecule has 0 amide bonds. The van der Waals surface area contributed by atoms with E-state index in [9.17, 15) is 0 Å². The highest BCUT2D eigenvalue weighted by molar-refractivity contribution is 5.19. The van der Waals surface area contributed by atoms with E-state index in [2.05, 4.69) is 65.0 Å². The van der Waals surface area contributed by atoms with Crippen LogP contribution in [-0.2, 0) is 0 Å². The van der Waals surface area contributed by atoms with Crippen LogP contribution in [0.4, 0.5) is 0 Å². The van der Waals surface area contributed by atoms with Crippen LogP contribution in [0.1, 0.15) is 53.9 Å². The Morgan fingerprint density at radius 1 is 0.875 bits per heavy atom. The molecule has 0 saturated carbocycles. The molecule has 0 aliphatic heterocycles. The fourth-order valence-corrected chi connectivity index (χ4v) is 1.44. The zero-order valence-electron chi connectivity index (χ0n) is 11.5. The molecule has 0 nitrogen and oxygen atoms in total. The van der Waals surface area contributed by atoms with E-state index in [0.717, 1.165) is 0 Å². The first-order valence-electron chi connectivity index (χ1n) is 6.14. The fraction of sp³-hybridized carbons (Fsp3) is 0.500. The van der Waals surface area contributed by atoms with Crippen LogP contribution >= 0.6 is 0 Å². The van der Waals surface area contributed by atoms with E-state index in [0.29, 0.717) is 0 Å². The summed E-state index contributed by atoms with van der Waals surface area (Å²) >= 11 is 0. The van der Waals surface area contributed by atoms with Gasteiger partial charge in [0.15, 0.2) is 0 Å². The number of unbranched alkanes of at least 4 members (excludes halogenated alkanes) is 2. The van der Waals surface area contributed by atoms with Gasteiger partial charge in [-0.25, -0.2) is 0 Å². The van der Waals surface area contributed by atoms with Gasteiger partial charge in [-0.15, -0.1) is 0 Å². The van der Waals surface area contributed by atoms with E-state index in [1.807, 2.05) is 0 Å². The number of allylic oxidation sites excluding steroid dienone is 8. The van der Waals surface area contributed by atoms with Gasteiger partial charge in [0.25, 0.3) is 0 Å². The highest BCUT2D eigenvalue weighted by Gasteiger charge is 1.85. The Morgan fingerprint density at radius 3 is 2.12 bits per heavy atom. The number of rotatable bonds is 6. The van der Waals surface area contributed by atoms with E-state index >= 15 is 0 Å². The third kappa shape index (κ3) is 11.0. The van der Waals surface area contributed by atoms with Gasteiger partial charge in [0.05, 0.1) is 0 Å². The van der Waals surface area contributed by atoms with Gasteiger partial charge in [-0.2, -0.15) is 0 Å². The normalized spacial score (nSPS) is 11.7. The minimum Gasteiger partial charge on any atom is -0.0845 e. The topological polar surface area (TPSA) is 0 Å². The average molecular weight is 218 g/mol. The third-order valence-electron chi connectivity index (χ3n) is 2.12. The molecule has 0 aliphatic rings. The van der Waals surface area contributed by atoms with Crippen molar-refractivity contribution < 1.29 is 0 Å². The van der Waals surface area contributed by atoms with Crippen LogP contribution in [0.2, 0.25) is 0 Å². The molecule has 0 aliphatic carbocycles. The lowest BCUT2D eigenvalue weighted by molar-refractivity contribution is 0.864. The summed E-state index contributed by atoms with van der Waals surface area (Å²) in [7, 11) is 0. The standard InChI is InChI=1S/C16H26/c1-14(2)11-9-7-6-8-10-12-16(5)13-15(3)4/h7,9,11-13H,6,8,10H2,1-5H3/b9-7+,16-12+. The zero-order chi connectivity index (χ0) is 12.4. The lowest BCUT2D eigenvalue weighted by atomic mass is 10.1. The molecule has 0 rings (SSSR count). The predicted octanol–water partition coefficient (Wildman–Crippen LogP) is 5.59. The van der Waals surface area contributed by atoms with Crippen molar-refractivity contribution in [2.24, 2.45) is 0 Å². The third-order valence-corrected chi connectivity index (χ3v) is 2.12. The van der Waals surface area contributed by atoms with Gasteiger partial charge < -0.3 is 0 Å². The van der Waals surface area contributed by atoms with Gasteiger partial charge in [-0.1, -0.05) is 47.1 Å². The van der Waals surface area contributed by atoms with Crippen molar-refractivity contribution in [2.45, 2.75) is 53.9 Å². The minimum atomic E-state index is 1.17. The van der Waals surface area contributed by atoms with Crippen molar-refractivity contribution in [2.75, 3.05) is 0 Å². The van der Waals surface area contributed by atoms with Gasteiger partial charge >= 0.3 is 0 Å². The minimum absolute atomic E-state index is 1.17. The van der Waals surface area contributed by atoms with Gasteiger partial charge in [0.1, 0.15) is 0 Å². The molecule has 0 radical (unpaired) electrons. The van der Waals surface area contributed by atoms with Crippen molar-refractivity contribution in [3.05, 3.63) is 47.1 Å². The van der Waals surface area contributed by atoms with Gasteiger partial charge in [-0.05, 0) is 53.9 Å². The second-order valence-corrected chi connectivity index (χ2v) is 4.77. The number of hydrogen-bond donors (Lipinski definition) is 0. The first kappa shape index (κ1) is 15.0. The molecule has 0 fully saturated rings. The molecule has 0 heteroatoms. The molecular formula is C16H26. The van der Waals surface area contributed by atoms with Gasteiger partial charge in [0.2, 0.25) is 0 Å². The van der Waals surface area contributed by atoms with E-state index in [1.54, 1.807) is 0 Å². The van der Waals surface area contributed by atoms with Crippen LogP contribution in [0.25, 0.3) is 0 Å². The second kappa shape index (κ2) is 9.21. The Labute approximate surface area is 101 Å². The molecule has 0 aromatic heterocycles. The largest absolute Gasteiger partial charge is 0.0845 e. The van der Waals surface area contributed by atoms with E-state index < -0.39 is 0 Å². The Balaban J connectivity index is 3.72. The molecule has 90 valence electrons. The van der Waals surface area contributed by atoms with Gasteiger partial charge in [-0.3, -0.25) is 0 Å². The molecule has 0 N–H and O–H groups in total. The maximum absolute atomic E-state index is 2.32. The first-order chi connectivity index (χ1) is 7.52. The predicted molar refractivity (Wildman–Crippen MR) is 75.6 cm³/mol. The molecule has 0 aromatic carbocycles. The summed E-state index contributed by atoms with van der Waals surface area (Å²) in [6.07, 6.45) is 14.7. The molecule has 0 saturated heterocycles. The SMILES string of the molecule is CC(C)=C/C=C/CCC/C=C(\C)C=C(C)C. The molecule has 0 spiro atoms. The van der Waals surface area contributed by atoms with Crippen LogP contribution in [0.15, 0.2) is 47.1 Å². The summed E-state index contributed by atoms with van der Waals surface area (Å²) in [6, 6.07) is 0. The zero-order valence-corrected chi connectivity index (χ0v) is 11.5. The van der Waals surface area contributed by atoms with Crippen molar-refractivity contribution in [1.29, 1.82) is 0 Å². The summed E-state index contributed by atoms with van der Waals surface area (Å²) in [5.74, 6) is 0. The van der Waals surface area contributed by atoms with E-state index in [4.69, 9.17) is 0 Å². The summed E-state index contributed by atoms with van der Waals surface area (Å²) in [5.41, 5.74) is 4.11. The van der Waals surface area contributed by atoms with Crippen molar-refractivity contribution in [3.63, 3.8) is 0 Å². The average Bonchev–Trinajstić information content (AvgIpc) is 2.14. The van der Waals surface area contributed by atoms with Crippen molar-refractivity contribution in [3.8, 4) is 0 Å². The van der Waals surface area contributed by atoms with Crippen LogP contribution in [0.5, 0.6) is 0 Å². The lowest BCUT2D eigenvalue weighted by Gasteiger charge is -1.95. The molecule has 0 unspecified atom stereocenters. The molecule has 0 heterocycles. The quantitative estimate of drug-likeness (QED) is 0.402. The first-order valence-corrected chi connectivity index (χ1v) is 6.14. The van der Waals surface area contributed by atoms with Crippen molar-refractivity contribution >= 4 is 0 Å². The summed E-state index contributed by atoms with van der Waals surface area (Å²) in [6.45, 7) is 10.7. The Bertz CT molecular complexity index is 290. The fourth-order valence-electron chi connectivity index (χ4n) is 1.44. The van der Waals surface area contributed by atoms with E-state index in [-0.39, 0.29) is 0 Å². The Morgan fingerprint density at radius 2 is 1.56 bits per heavy atom. The molecule has 0 bridgehead atoms. The van der Waals surface area contributed by atoms with Crippen LogP contribution in [-0.4, -0.2) is 0 Å². The van der Waals surface area contributed by atoms with Gasteiger partial charge in [0, 0.05) is 0 Å². The highest BCUT2D eigenvalue weighted by Crippen LogP contribution is 2.05. The molecular weight excluding hydrogens is 192 g/mol. The summed E-state index contributed by atoms with van der Waals surface area (Å²) < 4.78 is 0. The molecule has 0 atom stereocenters. The summed E-state index contributed by atoms with van der Waals surface area (Å²) in [4.78, 5) is 0. The molecule has 0 aromatic rings. The molecule has 16 heavy (non-hydrogen) atoms. The Kier molecular flexibility index (Phi) is 8.61.